The Hall–Kier alpha value is -2.51. The molecular formula is C15H19N5O3. The Morgan fingerprint density at radius 1 is 1.30 bits per heavy atom. The number of hydrogen-bond acceptors (Lipinski definition) is 6. The van der Waals surface area contributed by atoms with Crippen LogP contribution in [0.1, 0.15) is 60.8 Å². The summed E-state index contributed by atoms with van der Waals surface area (Å²) in [5, 5.41) is 14.3. The highest BCUT2D eigenvalue weighted by molar-refractivity contribution is 5.92. The molecule has 1 N–H and O–H groups in total. The van der Waals surface area contributed by atoms with Crippen LogP contribution in [0.25, 0.3) is 0 Å². The second-order valence-corrected chi connectivity index (χ2v) is 6.01. The number of H-pyrrole nitrogens is 1. The lowest BCUT2D eigenvalue weighted by molar-refractivity contribution is 0.0698. The molecule has 0 spiro atoms. The maximum atomic E-state index is 12.3. The second-order valence-electron chi connectivity index (χ2n) is 6.01. The Morgan fingerprint density at radius 2 is 2.04 bits per heavy atom. The van der Waals surface area contributed by atoms with Crippen LogP contribution in [0.15, 0.2) is 21.3 Å². The largest absolute Gasteiger partial charge is 0.425 e. The number of carbonyl (C=O) groups is 1. The number of likely N-dealkylation sites (tertiary alicyclic amines) is 1. The van der Waals surface area contributed by atoms with E-state index in [1.54, 1.807) is 4.90 Å². The van der Waals surface area contributed by atoms with Crippen LogP contribution in [0.3, 0.4) is 0 Å². The number of amides is 1. The summed E-state index contributed by atoms with van der Waals surface area (Å²) in [6.07, 6.45) is 1.55. The molecule has 2 aromatic rings. The molecule has 1 fully saturated rings. The molecule has 3 heterocycles. The molecular weight excluding hydrogens is 298 g/mol. The van der Waals surface area contributed by atoms with Crippen LogP contribution in [-0.4, -0.2) is 44.3 Å². The van der Waals surface area contributed by atoms with Crippen molar-refractivity contribution in [1.29, 1.82) is 0 Å². The average Bonchev–Trinajstić information content (AvgIpc) is 3.05. The smallest absolute Gasteiger partial charge is 0.274 e. The van der Waals surface area contributed by atoms with E-state index < -0.39 is 0 Å². The van der Waals surface area contributed by atoms with Gasteiger partial charge in [0, 0.05) is 31.0 Å². The van der Waals surface area contributed by atoms with E-state index in [1.807, 2.05) is 13.8 Å². The van der Waals surface area contributed by atoms with Crippen LogP contribution < -0.4 is 5.56 Å². The molecule has 1 aliphatic rings. The zero-order chi connectivity index (χ0) is 16.4. The minimum absolute atomic E-state index is 0.173. The van der Waals surface area contributed by atoms with Crippen LogP contribution in [0, 0.1) is 0 Å². The molecule has 122 valence electrons. The number of piperidine rings is 1. The van der Waals surface area contributed by atoms with Crippen LogP contribution in [-0.2, 0) is 0 Å². The molecule has 0 aliphatic carbocycles. The number of aromatic nitrogens is 4. The third-order valence-corrected chi connectivity index (χ3v) is 3.98. The van der Waals surface area contributed by atoms with Gasteiger partial charge < -0.3 is 9.32 Å². The van der Waals surface area contributed by atoms with E-state index in [4.69, 9.17) is 4.42 Å². The zero-order valence-corrected chi connectivity index (χ0v) is 13.2. The van der Waals surface area contributed by atoms with Gasteiger partial charge in [0.05, 0.1) is 0 Å². The highest BCUT2D eigenvalue weighted by Gasteiger charge is 2.28. The maximum Gasteiger partial charge on any atom is 0.274 e. The van der Waals surface area contributed by atoms with Gasteiger partial charge >= 0.3 is 0 Å². The number of nitrogens with zero attached hydrogens (tertiary/aromatic N) is 4. The van der Waals surface area contributed by atoms with E-state index in [1.165, 1.54) is 12.1 Å². The Balaban J connectivity index is 1.62. The minimum atomic E-state index is -0.322. The Kier molecular flexibility index (Phi) is 4.22. The summed E-state index contributed by atoms with van der Waals surface area (Å²) < 4.78 is 5.70. The van der Waals surface area contributed by atoms with Gasteiger partial charge in [0.25, 0.3) is 11.5 Å². The maximum absolute atomic E-state index is 12.3. The van der Waals surface area contributed by atoms with Crippen molar-refractivity contribution in [2.45, 2.75) is 38.5 Å². The fraction of sp³-hybridized carbons (Fsp3) is 0.533. The van der Waals surface area contributed by atoms with Crippen molar-refractivity contribution in [2.75, 3.05) is 13.1 Å². The van der Waals surface area contributed by atoms with Gasteiger partial charge in [-0.15, -0.1) is 10.2 Å². The van der Waals surface area contributed by atoms with Gasteiger partial charge in [-0.2, -0.15) is 5.10 Å². The summed E-state index contributed by atoms with van der Waals surface area (Å²) in [5.74, 6) is 1.53. The van der Waals surface area contributed by atoms with Gasteiger partial charge in [0.2, 0.25) is 11.8 Å². The quantitative estimate of drug-likeness (QED) is 0.914. The van der Waals surface area contributed by atoms with Crippen LogP contribution in [0.2, 0.25) is 0 Å². The van der Waals surface area contributed by atoms with Crippen molar-refractivity contribution in [3.8, 4) is 0 Å². The molecule has 0 atom stereocenters. The van der Waals surface area contributed by atoms with Gasteiger partial charge in [0.1, 0.15) is 5.69 Å². The number of hydrogen-bond donors (Lipinski definition) is 1. The summed E-state index contributed by atoms with van der Waals surface area (Å²) in [4.78, 5) is 25.1. The molecule has 0 aromatic carbocycles. The van der Waals surface area contributed by atoms with E-state index >= 15 is 0 Å². The first-order chi connectivity index (χ1) is 11.0. The van der Waals surface area contributed by atoms with Crippen molar-refractivity contribution in [3.63, 3.8) is 0 Å². The predicted octanol–water partition coefficient (Wildman–Crippen LogP) is 1.30. The Labute approximate surface area is 132 Å². The van der Waals surface area contributed by atoms with Gasteiger partial charge in [-0.1, -0.05) is 13.8 Å². The van der Waals surface area contributed by atoms with Crippen molar-refractivity contribution < 1.29 is 9.21 Å². The normalized spacial score (nSPS) is 16.0. The SMILES string of the molecule is CC(C)c1nnc(C2CCN(C(=O)c3ccc(=O)[nH]n3)CC2)o1. The highest BCUT2D eigenvalue weighted by Crippen LogP contribution is 2.28. The van der Waals surface area contributed by atoms with E-state index in [0.29, 0.717) is 24.9 Å². The molecule has 0 radical (unpaired) electrons. The van der Waals surface area contributed by atoms with E-state index in [-0.39, 0.29) is 29.0 Å². The third kappa shape index (κ3) is 3.30. The Bertz CT molecular complexity index is 723. The summed E-state index contributed by atoms with van der Waals surface area (Å²) in [6, 6.07) is 2.75. The molecule has 3 rings (SSSR count). The molecule has 1 amide bonds. The molecule has 2 aromatic heterocycles. The van der Waals surface area contributed by atoms with Crippen LogP contribution in [0.5, 0.6) is 0 Å². The molecule has 8 heteroatoms. The fourth-order valence-electron chi connectivity index (χ4n) is 2.60. The molecule has 0 bridgehead atoms. The third-order valence-electron chi connectivity index (χ3n) is 3.98. The van der Waals surface area contributed by atoms with Crippen LogP contribution >= 0.6 is 0 Å². The monoisotopic (exact) mass is 317 g/mol. The molecule has 1 saturated heterocycles. The van der Waals surface area contributed by atoms with Gasteiger partial charge in [-0.25, -0.2) is 5.10 Å². The Morgan fingerprint density at radius 3 is 2.61 bits per heavy atom. The number of carbonyl (C=O) groups excluding carboxylic acids is 1. The first-order valence-corrected chi connectivity index (χ1v) is 7.73. The lowest BCUT2D eigenvalue weighted by Gasteiger charge is -2.30. The fourth-order valence-corrected chi connectivity index (χ4v) is 2.60. The van der Waals surface area contributed by atoms with E-state index in [9.17, 15) is 9.59 Å². The summed E-state index contributed by atoms with van der Waals surface area (Å²) in [7, 11) is 0. The number of rotatable bonds is 3. The standard InChI is InChI=1S/C15H19N5O3/c1-9(2)13-18-19-14(23-13)10-5-7-20(8-6-10)15(22)11-3-4-12(21)17-16-11/h3-4,9-10H,5-8H2,1-2H3,(H,17,21). The first kappa shape index (κ1) is 15.4. The highest BCUT2D eigenvalue weighted by atomic mass is 16.4. The van der Waals surface area contributed by atoms with Gasteiger partial charge in [-0.3, -0.25) is 9.59 Å². The molecule has 0 unspecified atom stereocenters. The van der Waals surface area contributed by atoms with E-state index in [2.05, 4.69) is 20.4 Å². The minimum Gasteiger partial charge on any atom is -0.425 e. The van der Waals surface area contributed by atoms with Crippen molar-refractivity contribution in [2.24, 2.45) is 0 Å². The van der Waals surface area contributed by atoms with Gasteiger partial charge in [-0.05, 0) is 18.9 Å². The van der Waals surface area contributed by atoms with Crippen molar-refractivity contribution in [1.82, 2.24) is 25.3 Å². The summed E-state index contributed by atoms with van der Waals surface area (Å²) in [5.41, 5.74) is -0.0689. The first-order valence-electron chi connectivity index (χ1n) is 7.73. The molecule has 23 heavy (non-hydrogen) atoms. The number of aromatic amines is 1. The number of nitrogens with one attached hydrogen (secondary N) is 1. The zero-order valence-electron chi connectivity index (χ0n) is 13.2. The average molecular weight is 317 g/mol. The summed E-state index contributed by atoms with van der Waals surface area (Å²) in [6.45, 7) is 5.22. The van der Waals surface area contributed by atoms with E-state index in [0.717, 1.165) is 12.8 Å². The second kappa shape index (κ2) is 6.31. The summed E-state index contributed by atoms with van der Waals surface area (Å²) >= 11 is 0. The topological polar surface area (TPSA) is 105 Å². The lowest BCUT2D eigenvalue weighted by Crippen LogP contribution is -2.38. The molecule has 1 aliphatic heterocycles. The molecule has 0 saturated carbocycles. The lowest BCUT2D eigenvalue weighted by atomic mass is 9.96. The predicted molar refractivity (Wildman–Crippen MR) is 81.1 cm³/mol. The van der Waals surface area contributed by atoms with Crippen LogP contribution in [0.4, 0.5) is 0 Å². The van der Waals surface area contributed by atoms with Crippen molar-refractivity contribution in [3.05, 3.63) is 40.0 Å². The van der Waals surface area contributed by atoms with Gasteiger partial charge in [0.15, 0.2) is 0 Å². The van der Waals surface area contributed by atoms with Crippen molar-refractivity contribution >= 4 is 5.91 Å². The molecule has 8 nitrogen and oxygen atoms in total.